The highest BCUT2D eigenvalue weighted by Gasteiger charge is 1.88. The van der Waals surface area contributed by atoms with Crippen molar-refractivity contribution in [2.45, 2.75) is 45.4 Å². The molecule has 0 bridgehead atoms. The lowest BCUT2D eigenvalue weighted by Crippen LogP contribution is -1.77. The maximum atomic E-state index is 5.80. The minimum absolute atomic E-state index is 0.769. The van der Waals surface area contributed by atoms with E-state index in [1.165, 1.54) is 32.1 Å². The third-order valence-corrected chi connectivity index (χ3v) is 2.73. The second kappa shape index (κ2) is 8.25. The van der Waals surface area contributed by atoms with Crippen LogP contribution < -0.4 is 0 Å². The lowest BCUT2D eigenvalue weighted by Gasteiger charge is -1.94. The Morgan fingerprint density at radius 1 is 1.00 bits per heavy atom. The molecule has 0 aliphatic carbocycles. The van der Waals surface area contributed by atoms with Crippen LogP contribution in [-0.2, 0) is 0 Å². The standard InChI is InChI=1S/C15H19Cl/c1-2-3-4-5-6-7-8-9-14-10-12-15(16)13-11-14/h10-13H,2-7H2,1H3. The van der Waals surface area contributed by atoms with Gasteiger partial charge in [-0.15, -0.1) is 0 Å². The molecule has 0 aliphatic rings. The van der Waals surface area contributed by atoms with Gasteiger partial charge in [0, 0.05) is 17.0 Å². The molecule has 0 amide bonds. The quantitative estimate of drug-likeness (QED) is 0.494. The van der Waals surface area contributed by atoms with Crippen LogP contribution in [0.2, 0.25) is 5.02 Å². The van der Waals surface area contributed by atoms with Gasteiger partial charge in [0.2, 0.25) is 0 Å². The van der Waals surface area contributed by atoms with E-state index in [9.17, 15) is 0 Å². The Balaban J connectivity index is 2.20. The van der Waals surface area contributed by atoms with Crippen molar-refractivity contribution in [1.82, 2.24) is 0 Å². The van der Waals surface area contributed by atoms with E-state index in [-0.39, 0.29) is 0 Å². The largest absolute Gasteiger partial charge is 0.0979 e. The summed E-state index contributed by atoms with van der Waals surface area (Å²) in [5.41, 5.74) is 1.05. The minimum atomic E-state index is 0.769. The topological polar surface area (TPSA) is 0 Å². The molecule has 0 N–H and O–H groups in total. The summed E-state index contributed by atoms with van der Waals surface area (Å²) < 4.78 is 0. The molecule has 1 aromatic carbocycles. The van der Waals surface area contributed by atoms with Crippen LogP contribution in [-0.4, -0.2) is 0 Å². The van der Waals surface area contributed by atoms with Crippen LogP contribution in [0.25, 0.3) is 0 Å². The molecule has 0 radical (unpaired) electrons. The molecule has 0 saturated heterocycles. The molecule has 0 aliphatic heterocycles. The number of unbranched alkanes of at least 4 members (excludes halogenated alkanes) is 5. The van der Waals surface area contributed by atoms with Crippen molar-refractivity contribution >= 4 is 11.6 Å². The molecule has 0 fully saturated rings. The van der Waals surface area contributed by atoms with Gasteiger partial charge in [-0.25, -0.2) is 0 Å². The first-order valence-electron chi connectivity index (χ1n) is 6.07. The van der Waals surface area contributed by atoms with Crippen molar-refractivity contribution in [3.63, 3.8) is 0 Å². The Kier molecular flexibility index (Phi) is 6.77. The zero-order chi connectivity index (χ0) is 11.6. The fraction of sp³-hybridized carbons (Fsp3) is 0.467. The third kappa shape index (κ3) is 5.83. The minimum Gasteiger partial charge on any atom is -0.0979 e. The van der Waals surface area contributed by atoms with E-state index in [4.69, 9.17) is 11.6 Å². The van der Waals surface area contributed by atoms with Crippen LogP contribution in [0.4, 0.5) is 0 Å². The van der Waals surface area contributed by atoms with Crippen molar-refractivity contribution < 1.29 is 0 Å². The van der Waals surface area contributed by atoms with Gasteiger partial charge in [-0.1, -0.05) is 56.0 Å². The van der Waals surface area contributed by atoms with E-state index in [0.29, 0.717) is 0 Å². The first kappa shape index (κ1) is 13.1. The summed E-state index contributed by atoms with van der Waals surface area (Å²) in [5.74, 6) is 6.36. The van der Waals surface area contributed by atoms with Crippen molar-refractivity contribution in [3.8, 4) is 11.8 Å². The van der Waals surface area contributed by atoms with Crippen molar-refractivity contribution in [2.24, 2.45) is 0 Å². The molecule has 0 aromatic heterocycles. The van der Waals surface area contributed by atoms with Crippen LogP contribution in [0.15, 0.2) is 24.3 Å². The molecular weight excluding hydrogens is 216 g/mol. The lowest BCUT2D eigenvalue weighted by molar-refractivity contribution is 0.641. The molecule has 1 heteroatoms. The Morgan fingerprint density at radius 2 is 1.69 bits per heavy atom. The number of hydrogen-bond acceptors (Lipinski definition) is 0. The van der Waals surface area contributed by atoms with Gasteiger partial charge < -0.3 is 0 Å². The predicted octanol–water partition coefficient (Wildman–Crippen LogP) is 5.05. The number of rotatable bonds is 5. The smallest absolute Gasteiger partial charge is 0.0406 e. The Bertz CT molecular complexity index is 340. The fourth-order valence-corrected chi connectivity index (χ4v) is 1.64. The van der Waals surface area contributed by atoms with E-state index in [1.807, 2.05) is 24.3 Å². The third-order valence-electron chi connectivity index (χ3n) is 2.48. The van der Waals surface area contributed by atoms with Crippen LogP contribution >= 0.6 is 11.6 Å². The van der Waals surface area contributed by atoms with Gasteiger partial charge in [0.05, 0.1) is 0 Å². The van der Waals surface area contributed by atoms with Crippen molar-refractivity contribution in [2.75, 3.05) is 0 Å². The zero-order valence-electron chi connectivity index (χ0n) is 9.93. The maximum absolute atomic E-state index is 5.80. The summed E-state index contributed by atoms with van der Waals surface area (Å²) in [6, 6.07) is 7.69. The fourth-order valence-electron chi connectivity index (χ4n) is 1.51. The lowest BCUT2D eigenvalue weighted by atomic mass is 10.1. The van der Waals surface area contributed by atoms with Crippen LogP contribution in [0.3, 0.4) is 0 Å². The highest BCUT2D eigenvalue weighted by atomic mass is 35.5. The van der Waals surface area contributed by atoms with E-state index in [0.717, 1.165) is 17.0 Å². The Labute approximate surface area is 104 Å². The van der Waals surface area contributed by atoms with Gasteiger partial charge in [-0.2, -0.15) is 0 Å². The number of benzene rings is 1. The van der Waals surface area contributed by atoms with E-state index in [2.05, 4.69) is 18.8 Å². The molecule has 1 aromatic rings. The van der Waals surface area contributed by atoms with Crippen LogP contribution in [0, 0.1) is 11.8 Å². The summed E-state index contributed by atoms with van der Waals surface area (Å²) in [6.07, 6.45) is 7.54. The first-order valence-corrected chi connectivity index (χ1v) is 6.45. The maximum Gasteiger partial charge on any atom is 0.0406 e. The predicted molar refractivity (Wildman–Crippen MR) is 71.7 cm³/mol. The summed E-state index contributed by atoms with van der Waals surface area (Å²) in [4.78, 5) is 0. The van der Waals surface area contributed by atoms with Crippen LogP contribution in [0.5, 0.6) is 0 Å². The van der Waals surface area contributed by atoms with E-state index in [1.54, 1.807) is 0 Å². The Hall–Kier alpha value is -0.930. The summed E-state index contributed by atoms with van der Waals surface area (Å²) >= 11 is 5.80. The van der Waals surface area contributed by atoms with E-state index < -0.39 is 0 Å². The number of hydrogen-bond donors (Lipinski definition) is 0. The molecular formula is C15H19Cl. The molecule has 0 heterocycles. The SMILES string of the molecule is CCCCCCCC#Cc1ccc(Cl)cc1. The van der Waals surface area contributed by atoms with Gasteiger partial charge in [0.1, 0.15) is 0 Å². The van der Waals surface area contributed by atoms with Gasteiger partial charge in [-0.3, -0.25) is 0 Å². The van der Waals surface area contributed by atoms with Crippen molar-refractivity contribution in [3.05, 3.63) is 34.9 Å². The summed E-state index contributed by atoms with van der Waals surface area (Å²) in [7, 11) is 0. The molecule has 86 valence electrons. The molecule has 16 heavy (non-hydrogen) atoms. The van der Waals surface area contributed by atoms with Gasteiger partial charge in [0.15, 0.2) is 0 Å². The molecule has 0 saturated carbocycles. The highest BCUT2D eigenvalue weighted by Crippen LogP contribution is 2.08. The average Bonchev–Trinajstić information content (AvgIpc) is 2.30. The van der Waals surface area contributed by atoms with Gasteiger partial charge in [-0.05, 0) is 30.7 Å². The Morgan fingerprint density at radius 3 is 2.38 bits per heavy atom. The molecule has 0 unspecified atom stereocenters. The summed E-state index contributed by atoms with van der Waals surface area (Å²) in [6.45, 7) is 2.24. The molecule has 0 atom stereocenters. The average molecular weight is 235 g/mol. The molecule has 0 spiro atoms. The molecule has 1 rings (SSSR count). The van der Waals surface area contributed by atoms with Gasteiger partial charge in [0.25, 0.3) is 0 Å². The summed E-state index contributed by atoms with van der Waals surface area (Å²) in [5, 5.41) is 0.769. The monoisotopic (exact) mass is 234 g/mol. The second-order valence-electron chi connectivity index (χ2n) is 3.97. The molecule has 0 nitrogen and oxygen atoms in total. The number of halogens is 1. The zero-order valence-corrected chi connectivity index (χ0v) is 10.7. The normalized spacial score (nSPS) is 9.62. The van der Waals surface area contributed by atoms with Crippen molar-refractivity contribution in [1.29, 1.82) is 0 Å². The second-order valence-corrected chi connectivity index (χ2v) is 4.41. The first-order chi connectivity index (χ1) is 7.83. The highest BCUT2D eigenvalue weighted by molar-refractivity contribution is 6.30. The van der Waals surface area contributed by atoms with Gasteiger partial charge >= 0.3 is 0 Å². The van der Waals surface area contributed by atoms with Crippen LogP contribution in [0.1, 0.15) is 51.0 Å². The van der Waals surface area contributed by atoms with E-state index >= 15 is 0 Å².